The molecule has 0 aromatic heterocycles. The van der Waals surface area contributed by atoms with Gasteiger partial charge >= 0.3 is 5.97 Å². The maximum absolute atomic E-state index is 12.6. The van der Waals surface area contributed by atoms with Crippen molar-refractivity contribution in [1.82, 2.24) is 4.90 Å². The van der Waals surface area contributed by atoms with Crippen molar-refractivity contribution in [2.75, 3.05) is 6.54 Å². The van der Waals surface area contributed by atoms with E-state index in [1.54, 1.807) is 6.92 Å². The molecule has 0 aliphatic heterocycles. The lowest BCUT2D eigenvalue weighted by atomic mass is 10.0. The summed E-state index contributed by atoms with van der Waals surface area (Å²) in [7, 11) is 0. The Kier molecular flexibility index (Phi) is 5.41. The van der Waals surface area contributed by atoms with E-state index >= 15 is 0 Å². The molecule has 1 amide bonds. The molecule has 0 spiro atoms. The van der Waals surface area contributed by atoms with Crippen LogP contribution in [0, 0.1) is 0 Å². The molecule has 0 radical (unpaired) electrons. The third-order valence-electron chi connectivity index (χ3n) is 2.66. The first-order valence-electron chi connectivity index (χ1n) is 5.83. The minimum absolute atomic E-state index is 0.172. The first kappa shape index (κ1) is 15.1. The Bertz CT molecular complexity index is 451. The van der Waals surface area contributed by atoms with E-state index in [2.05, 4.69) is 0 Å². The van der Waals surface area contributed by atoms with Gasteiger partial charge in [-0.3, -0.25) is 4.79 Å². The lowest BCUT2D eigenvalue weighted by Gasteiger charge is -2.25. The smallest absolute Gasteiger partial charge is 0.331 e. The highest BCUT2D eigenvalue weighted by Crippen LogP contribution is 2.25. The van der Waals surface area contributed by atoms with Crippen molar-refractivity contribution >= 4 is 12.4 Å². The summed E-state index contributed by atoms with van der Waals surface area (Å²) in [5, 5.41) is 9.20. The summed E-state index contributed by atoms with van der Waals surface area (Å²) in [5.41, 5.74) is -0.0862. The van der Waals surface area contributed by atoms with E-state index in [4.69, 9.17) is 0 Å². The topological polar surface area (TPSA) is 57.6 Å². The molecule has 0 bridgehead atoms. The summed E-state index contributed by atoms with van der Waals surface area (Å²) in [6.45, 7) is 2.05. The Hall–Kier alpha value is -1.98. The van der Waals surface area contributed by atoms with Crippen LogP contribution in [0.5, 0.6) is 0 Å². The van der Waals surface area contributed by atoms with Crippen molar-refractivity contribution in [3.63, 3.8) is 0 Å². The molecule has 0 saturated heterocycles. The average Bonchev–Trinajstić information content (AvgIpc) is 2.38. The van der Waals surface area contributed by atoms with Crippen LogP contribution in [0.2, 0.25) is 0 Å². The van der Waals surface area contributed by atoms with Crippen LogP contribution >= 0.6 is 0 Å². The van der Waals surface area contributed by atoms with Gasteiger partial charge in [0.05, 0.1) is 0 Å². The second-order valence-corrected chi connectivity index (χ2v) is 4.05. The van der Waals surface area contributed by atoms with Crippen LogP contribution in [0.4, 0.5) is 8.78 Å². The van der Waals surface area contributed by atoms with Crippen LogP contribution in [-0.4, -0.2) is 28.9 Å². The standard InChI is InChI=1S/C13H15F2NO3/c1-2-6-16(8-17)11(13(18)19)9-4-3-5-10(7-9)12(14)15/h3-5,7-8,11-12H,2,6H2,1H3,(H,18,19). The molecule has 1 aromatic carbocycles. The number of carbonyl (C=O) groups excluding carboxylic acids is 1. The largest absolute Gasteiger partial charge is 0.479 e. The Morgan fingerprint density at radius 3 is 2.53 bits per heavy atom. The lowest BCUT2D eigenvalue weighted by Crippen LogP contribution is -2.33. The van der Waals surface area contributed by atoms with Gasteiger partial charge in [-0.1, -0.05) is 25.1 Å². The second-order valence-electron chi connectivity index (χ2n) is 4.05. The van der Waals surface area contributed by atoms with Crippen LogP contribution in [-0.2, 0) is 9.59 Å². The van der Waals surface area contributed by atoms with Gasteiger partial charge in [-0.05, 0) is 18.1 Å². The molecule has 1 N–H and O–H groups in total. The van der Waals surface area contributed by atoms with Crippen LogP contribution in [0.3, 0.4) is 0 Å². The molecule has 0 fully saturated rings. The van der Waals surface area contributed by atoms with Gasteiger partial charge in [0, 0.05) is 12.1 Å². The quantitative estimate of drug-likeness (QED) is 0.775. The van der Waals surface area contributed by atoms with Gasteiger partial charge < -0.3 is 10.0 Å². The van der Waals surface area contributed by atoms with E-state index in [0.717, 1.165) is 11.0 Å². The number of halogens is 2. The normalized spacial score (nSPS) is 12.2. The lowest BCUT2D eigenvalue weighted by molar-refractivity contribution is -0.146. The number of alkyl halides is 2. The number of benzene rings is 1. The molecule has 0 saturated carbocycles. The van der Waals surface area contributed by atoms with Crippen LogP contribution in [0.1, 0.15) is 36.9 Å². The summed E-state index contributed by atoms with van der Waals surface area (Å²) in [5.74, 6) is -1.24. The zero-order valence-corrected chi connectivity index (χ0v) is 10.4. The third kappa shape index (κ3) is 3.74. The van der Waals surface area contributed by atoms with Crippen LogP contribution in [0.25, 0.3) is 0 Å². The molecule has 6 heteroatoms. The molecule has 19 heavy (non-hydrogen) atoms. The zero-order valence-electron chi connectivity index (χ0n) is 10.4. The van der Waals surface area contributed by atoms with E-state index in [-0.39, 0.29) is 17.7 Å². The van der Waals surface area contributed by atoms with Gasteiger partial charge in [-0.25, -0.2) is 13.6 Å². The number of carbonyl (C=O) groups is 2. The molecule has 1 unspecified atom stereocenters. The third-order valence-corrected chi connectivity index (χ3v) is 2.66. The highest BCUT2D eigenvalue weighted by molar-refractivity contribution is 5.78. The first-order chi connectivity index (χ1) is 9.01. The van der Waals surface area contributed by atoms with E-state index in [1.165, 1.54) is 18.2 Å². The molecular weight excluding hydrogens is 256 g/mol. The molecule has 1 aromatic rings. The molecule has 1 rings (SSSR count). The molecule has 4 nitrogen and oxygen atoms in total. The summed E-state index contributed by atoms with van der Waals surface area (Å²) in [4.78, 5) is 23.3. The van der Waals surface area contributed by atoms with E-state index in [1.807, 2.05) is 0 Å². The molecule has 1 atom stereocenters. The van der Waals surface area contributed by atoms with Crippen LogP contribution < -0.4 is 0 Å². The predicted octanol–water partition coefficient (Wildman–Crippen LogP) is 2.62. The zero-order chi connectivity index (χ0) is 14.4. The number of nitrogens with zero attached hydrogens (tertiary/aromatic N) is 1. The first-order valence-corrected chi connectivity index (χ1v) is 5.83. The SMILES string of the molecule is CCCN(C=O)C(C(=O)O)c1cccc(C(F)F)c1. The molecular formula is C13H15F2NO3. The van der Waals surface area contributed by atoms with Gasteiger partial charge in [0.2, 0.25) is 6.41 Å². The number of aliphatic carboxylic acids is 1. The Morgan fingerprint density at radius 1 is 1.42 bits per heavy atom. The maximum atomic E-state index is 12.6. The highest BCUT2D eigenvalue weighted by Gasteiger charge is 2.26. The monoisotopic (exact) mass is 271 g/mol. The van der Waals surface area contributed by atoms with E-state index in [0.29, 0.717) is 12.8 Å². The average molecular weight is 271 g/mol. The predicted molar refractivity (Wildman–Crippen MR) is 64.8 cm³/mol. The number of carboxylic acid groups (broad SMARTS) is 1. The van der Waals surface area contributed by atoms with Gasteiger partial charge in [-0.2, -0.15) is 0 Å². The fourth-order valence-electron chi connectivity index (χ4n) is 1.84. The van der Waals surface area contributed by atoms with Crippen molar-refractivity contribution in [1.29, 1.82) is 0 Å². The molecule has 0 heterocycles. The number of carboxylic acids is 1. The molecule has 0 aliphatic carbocycles. The Morgan fingerprint density at radius 2 is 2.05 bits per heavy atom. The fourth-order valence-corrected chi connectivity index (χ4v) is 1.84. The van der Waals surface area contributed by atoms with Crippen molar-refractivity contribution in [2.45, 2.75) is 25.8 Å². The fraction of sp³-hybridized carbons (Fsp3) is 0.385. The Labute approximate surface area is 109 Å². The van der Waals surface area contributed by atoms with Crippen molar-refractivity contribution in [3.05, 3.63) is 35.4 Å². The number of amides is 1. The minimum atomic E-state index is -2.68. The van der Waals surface area contributed by atoms with E-state index < -0.39 is 18.4 Å². The maximum Gasteiger partial charge on any atom is 0.331 e. The number of hydrogen-bond acceptors (Lipinski definition) is 2. The van der Waals surface area contributed by atoms with Crippen molar-refractivity contribution in [3.8, 4) is 0 Å². The Balaban J connectivity index is 3.14. The van der Waals surface area contributed by atoms with E-state index in [9.17, 15) is 23.5 Å². The van der Waals surface area contributed by atoms with Gasteiger partial charge in [0.1, 0.15) is 0 Å². The molecule has 104 valence electrons. The highest BCUT2D eigenvalue weighted by atomic mass is 19.3. The van der Waals surface area contributed by atoms with Gasteiger partial charge in [-0.15, -0.1) is 0 Å². The summed E-state index contributed by atoms with van der Waals surface area (Å²) in [6.07, 6.45) is -1.67. The van der Waals surface area contributed by atoms with Crippen molar-refractivity contribution < 1.29 is 23.5 Å². The van der Waals surface area contributed by atoms with Crippen molar-refractivity contribution in [2.24, 2.45) is 0 Å². The van der Waals surface area contributed by atoms with Gasteiger partial charge in [0.25, 0.3) is 6.43 Å². The molecule has 0 aliphatic rings. The number of rotatable bonds is 7. The second kappa shape index (κ2) is 6.82. The minimum Gasteiger partial charge on any atom is -0.479 e. The summed E-state index contributed by atoms with van der Waals surface area (Å²) >= 11 is 0. The number of hydrogen-bond donors (Lipinski definition) is 1. The van der Waals surface area contributed by atoms with Gasteiger partial charge in [0.15, 0.2) is 6.04 Å². The summed E-state index contributed by atoms with van der Waals surface area (Å²) < 4.78 is 25.2. The van der Waals surface area contributed by atoms with Crippen LogP contribution in [0.15, 0.2) is 24.3 Å². The summed E-state index contributed by atoms with van der Waals surface area (Å²) in [6, 6.07) is 3.89.